The summed E-state index contributed by atoms with van der Waals surface area (Å²) in [6.07, 6.45) is 1.08. The number of hydrogen-bond acceptors (Lipinski definition) is 4. The van der Waals surface area contributed by atoms with Crippen LogP contribution in [-0.4, -0.2) is 43.4 Å². The summed E-state index contributed by atoms with van der Waals surface area (Å²) in [4.78, 5) is 22.7. The number of esters is 2. The largest absolute Gasteiger partial charge is 1.00 e. The van der Waals surface area contributed by atoms with Gasteiger partial charge < -0.3 is 26.4 Å². The molecular formula is C17H22ClNO4. The number of rotatable bonds is 8. The van der Waals surface area contributed by atoms with Gasteiger partial charge in [-0.15, -0.1) is 0 Å². The second kappa shape index (κ2) is 9.82. The van der Waals surface area contributed by atoms with Crippen LogP contribution in [0.15, 0.2) is 55.6 Å². The van der Waals surface area contributed by atoms with Crippen LogP contribution >= 0.6 is 0 Å². The zero-order valence-corrected chi connectivity index (χ0v) is 14.2. The maximum atomic E-state index is 11.4. The molecule has 5 nitrogen and oxygen atoms in total. The molecule has 23 heavy (non-hydrogen) atoms. The van der Waals surface area contributed by atoms with E-state index in [2.05, 4.69) is 13.2 Å². The summed E-state index contributed by atoms with van der Waals surface area (Å²) >= 11 is 0. The van der Waals surface area contributed by atoms with Crippen LogP contribution in [-0.2, 0) is 25.6 Å². The monoisotopic (exact) mass is 339 g/mol. The first-order valence-corrected chi connectivity index (χ1v) is 6.88. The van der Waals surface area contributed by atoms with Crippen LogP contribution in [0.1, 0.15) is 5.56 Å². The molecular weight excluding hydrogens is 318 g/mol. The molecule has 0 aliphatic carbocycles. The van der Waals surface area contributed by atoms with Crippen molar-refractivity contribution >= 4 is 11.9 Å². The third-order valence-electron chi connectivity index (χ3n) is 2.93. The van der Waals surface area contributed by atoms with Gasteiger partial charge in [0.25, 0.3) is 6.29 Å². The zero-order valence-electron chi connectivity index (χ0n) is 13.4. The second-order valence-corrected chi connectivity index (χ2v) is 5.47. The van der Waals surface area contributed by atoms with Gasteiger partial charge in [-0.1, -0.05) is 43.5 Å². The van der Waals surface area contributed by atoms with E-state index in [1.807, 2.05) is 44.4 Å². The first-order valence-electron chi connectivity index (χ1n) is 6.88. The molecule has 0 aromatic heterocycles. The van der Waals surface area contributed by atoms with Crippen LogP contribution in [0.25, 0.3) is 0 Å². The van der Waals surface area contributed by atoms with Gasteiger partial charge in [-0.2, -0.15) is 0 Å². The lowest BCUT2D eigenvalue weighted by molar-refractivity contribution is -0.908. The molecule has 0 saturated carbocycles. The van der Waals surface area contributed by atoms with Crippen molar-refractivity contribution in [1.29, 1.82) is 0 Å². The molecule has 0 radical (unpaired) electrons. The molecule has 0 amide bonds. The highest BCUT2D eigenvalue weighted by molar-refractivity contribution is 5.83. The first-order chi connectivity index (χ1) is 10.4. The Morgan fingerprint density at radius 2 is 1.57 bits per heavy atom. The predicted molar refractivity (Wildman–Crippen MR) is 83.5 cm³/mol. The SMILES string of the molecule is C=CC(=O)OC(C[N+](C)(C)Cc1ccccc1)OC(=O)C=C.[Cl-]. The van der Waals surface area contributed by atoms with Gasteiger partial charge in [0, 0.05) is 17.7 Å². The quantitative estimate of drug-likeness (QED) is 0.265. The Bertz CT molecular complexity index is 521. The topological polar surface area (TPSA) is 52.6 Å². The average Bonchev–Trinajstić information content (AvgIpc) is 2.46. The van der Waals surface area contributed by atoms with Crippen LogP contribution in [0.2, 0.25) is 0 Å². The summed E-state index contributed by atoms with van der Waals surface area (Å²) in [6, 6.07) is 9.90. The van der Waals surface area contributed by atoms with E-state index in [0.29, 0.717) is 17.6 Å². The second-order valence-electron chi connectivity index (χ2n) is 5.47. The van der Waals surface area contributed by atoms with E-state index < -0.39 is 18.2 Å². The fraction of sp³-hybridized carbons (Fsp3) is 0.294. The van der Waals surface area contributed by atoms with Crippen molar-refractivity contribution in [2.24, 2.45) is 0 Å². The van der Waals surface area contributed by atoms with Crippen LogP contribution in [0.4, 0.5) is 0 Å². The van der Waals surface area contributed by atoms with Crippen LogP contribution < -0.4 is 12.4 Å². The van der Waals surface area contributed by atoms with E-state index in [1.165, 1.54) is 0 Å². The lowest BCUT2D eigenvalue weighted by Gasteiger charge is -2.32. The number of halogens is 1. The van der Waals surface area contributed by atoms with E-state index >= 15 is 0 Å². The summed E-state index contributed by atoms with van der Waals surface area (Å²) in [5.74, 6) is -1.27. The van der Waals surface area contributed by atoms with E-state index in [1.54, 1.807) is 0 Å². The van der Waals surface area contributed by atoms with E-state index in [9.17, 15) is 9.59 Å². The molecule has 1 aromatic rings. The van der Waals surface area contributed by atoms with E-state index in [-0.39, 0.29) is 12.4 Å². The Morgan fingerprint density at radius 3 is 2.00 bits per heavy atom. The number of ether oxygens (including phenoxy) is 2. The standard InChI is InChI=1S/C17H22NO4.ClH/c1-5-15(19)21-17(22-16(20)6-2)13-18(3,4)12-14-10-8-7-9-11-14;/h5-11,17H,1-2,12-13H2,3-4H3;1H/q+1;/p-1. The lowest BCUT2D eigenvalue weighted by Crippen LogP contribution is -3.00. The van der Waals surface area contributed by atoms with Crippen molar-refractivity contribution in [2.45, 2.75) is 12.8 Å². The van der Waals surface area contributed by atoms with E-state index in [4.69, 9.17) is 9.47 Å². The Labute approximate surface area is 143 Å². The average molecular weight is 340 g/mol. The fourth-order valence-electron chi connectivity index (χ4n) is 2.00. The molecule has 0 bridgehead atoms. The number of benzene rings is 1. The number of likely N-dealkylation sites (N-methyl/N-ethyl adjacent to an activating group) is 1. The summed E-state index contributed by atoms with van der Waals surface area (Å²) in [6.45, 7) is 7.69. The van der Waals surface area contributed by atoms with Crippen molar-refractivity contribution in [1.82, 2.24) is 0 Å². The van der Waals surface area contributed by atoms with Crippen molar-refractivity contribution in [3.05, 3.63) is 61.2 Å². The van der Waals surface area contributed by atoms with Gasteiger partial charge in [0.2, 0.25) is 0 Å². The smallest absolute Gasteiger partial charge is 0.333 e. The first kappa shape index (κ1) is 20.9. The Morgan fingerprint density at radius 1 is 1.09 bits per heavy atom. The van der Waals surface area contributed by atoms with Gasteiger partial charge in [-0.3, -0.25) is 0 Å². The lowest BCUT2D eigenvalue weighted by atomic mass is 10.2. The number of carbonyl (C=O) groups is 2. The minimum atomic E-state index is -0.991. The number of nitrogens with zero attached hydrogens (tertiary/aromatic N) is 1. The summed E-state index contributed by atoms with van der Waals surface area (Å²) < 4.78 is 10.6. The molecule has 126 valence electrons. The maximum Gasteiger partial charge on any atom is 0.333 e. The Kier molecular flexibility index (Phi) is 8.92. The predicted octanol–water partition coefficient (Wildman–Crippen LogP) is -0.948. The van der Waals surface area contributed by atoms with Crippen LogP contribution in [0.3, 0.4) is 0 Å². The zero-order chi connectivity index (χ0) is 16.6. The van der Waals surface area contributed by atoms with Gasteiger partial charge in [-0.05, 0) is 0 Å². The van der Waals surface area contributed by atoms with Crippen molar-refractivity contribution in [3.8, 4) is 0 Å². The summed E-state index contributed by atoms with van der Waals surface area (Å²) in [5.41, 5.74) is 1.14. The van der Waals surface area contributed by atoms with Gasteiger partial charge in [0.05, 0.1) is 14.1 Å². The summed E-state index contributed by atoms with van der Waals surface area (Å²) in [5, 5.41) is 0. The van der Waals surface area contributed by atoms with Gasteiger partial charge in [0.1, 0.15) is 6.54 Å². The molecule has 0 unspecified atom stereocenters. The van der Waals surface area contributed by atoms with Crippen LogP contribution in [0, 0.1) is 0 Å². The Hall–Kier alpha value is -2.11. The van der Waals surface area contributed by atoms with Gasteiger partial charge in [-0.25, -0.2) is 9.59 Å². The summed E-state index contributed by atoms with van der Waals surface area (Å²) in [7, 11) is 3.92. The molecule has 0 atom stereocenters. The minimum absolute atomic E-state index is 0. The molecule has 0 spiro atoms. The number of carbonyl (C=O) groups excluding carboxylic acids is 2. The molecule has 1 rings (SSSR count). The fourth-order valence-corrected chi connectivity index (χ4v) is 2.00. The third kappa shape index (κ3) is 8.18. The normalized spacial score (nSPS) is 10.4. The molecule has 0 heterocycles. The van der Waals surface area contributed by atoms with E-state index in [0.717, 1.165) is 17.7 Å². The minimum Gasteiger partial charge on any atom is -1.00 e. The highest BCUT2D eigenvalue weighted by Gasteiger charge is 2.27. The van der Waals surface area contributed by atoms with Gasteiger partial charge in [0.15, 0.2) is 6.54 Å². The third-order valence-corrected chi connectivity index (χ3v) is 2.93. The molecule has 1 aromatic carbocycles. The molecule has 0 fully saturated rings. The number of hydrogen-bond donors (Lipinski definition) is 0. The highest BCUT2D eigenvalue weighted by atomic mass is 35.5. The van der Waals surface area contributed by atoms with Crippen molar-refractivity contribution in [2.75, 3.05) is 20.6 Å². The number of quaternary nitrogens is 1. The van der Waals surface area contributed by atoms with Crippen molar-refractivity contribution in [3.63, 3.8) is 0 Å². The maximum absolute atomic E-state index is 11.4. The van der Waals surface area contributed by atoms with Gasteiger partial charge >= 0.3 is 11.9 Å². The molecule has 0 aliphatic heterocycles. The molecule has 0 saturated heterocycles. The molecule has 0 N–H and O–H groups in total. The Balaban J connectivity index is 0.00000484. The molecule has 0 aliphatic rings. The van der Waals surface area contributed by atoms with Crippen molar-refractivity contribution < 1.29 is 36.0 Å². The highest BCUT2D eigenvalue weighted by Crippen LogP contribution is 2.12. The molecule has 6 heteroatoms. The van der Waals surface area contributed by atoms with Crippen LogP contribution in [0.5, 0.6) is 0 Å².